The zero-order valence-corrected chi connectivity index (χ0v) is 13.2. The second-order valence-corrected chi connectivity index (χ2v) is 5.77. The van der Waals surface area contributed by atoms with Crippen molar-refractivity contribution in [2.24, 2.45) is 5.92 Å². The average molecular weight is 304 g/mol. The summed E-state index contributed by atoms with van der Waals surface area (Å²) in [6.45, 7) is 5.83. The van der Waals surface area contributed by atoms with E-state index in [0.717, 1.165) is 10.9 Å². The van der Waals surface area contributed by atoms with Crippen molar-refractivity contribution in [3.8, 4) is 11.5 Å². The molecule has 22 heavy (non-hydrogen) atoms. The van der Waals surface area contributed by atoms with Crippen LogP contribution in [0.5, 0.6) is 11.5 Å². The molecule has 118 valence electrons. The highest BCUT2D eigenvalue weighted by Gasteiger charge is 2.36. The summed E-state index contributed by atoms with van der Waals surface area (Å²) in [6.07, 6.45) is -0.159. The van der Waals surface area contributed by atoms with Gasteiger partial charge in [-0.2, -0.15) is 0 Å². The van der Waals surface area contributed by atoms with E-state index in [-0.39, 0.29) is 12.0 Å². The topological polar surface area (TPSA) is 68.9 Å². The summed E-state index contributed by atoms with van der Waals surface area (Å²) in [5, 5.41) is 11.4. The van der Waals surface area contributed by atoms with Gasteiger partial charge in [0.15, 0.2) is 0 Å². The molecule has 0 aliphatic carbocycles. The van der Waals surface area contributed by atoms with Gasteiger partial charge in [-0.15, -0.1) is 0 Å². The second kappa shape index (κ2) is 5.32. The van der Waals surface area contributed by atoms with Gasteiger partial charge in [0.2, 0.25) is 0 Å². The monoisotopic (exact) mass is 304 g/mol. The molecule has 1 N–H and O–H groups in total. The number of aryl methyl sites for hydroxylation is 1. The highest BCUT2D eigenvalue weighted by Crippen LogP contribution is 2.48. The Balaban J connectivity index is 2.43. The lowest BCUT2D eigenvalue weighted by Crippen LogP contribution is -2.32. The van der Waals surface area contributed by atoms with E-state index in [1.54, 1.807) is 6.07 Å². The standard InChI is InChI=1S/C17H20O5/c1-5-10-6-13(18)22-12-7-11(20-4)15-16(19)8(2)9(3)21-17(15)14(10)12/h6-9,16,19H,5H2,1-4H3/t8-,9+,16+/m0/s1. The minimum atomic E-state index is -0.685. The molecule has 5 heteroatoms. The zero-order chi connectivity index (χ0) is 16.0. The number of hydrogen-bond donors (Lipinski definition) is 1. The van der Waals surface area contributed by atoms with Gasteiger partial charge >= 0.3 is 5.63 Å². The number of benzene rings is 1. The summed E-state index contributed by atoms with van der Waals surface area (Å²) in [5.74, 6) is 0.984. The van der Waals surface area contributed by atoms with Crippen LogP contribution in [0.15, 0.2) is 21.3 Å². The molecule has 1 aliphatic rings. The molecule has 1 aromatic carbocycles. The predicted octanol–water partition coefficient (Wildman–Crippen LogP) is 2.81. The number of fused-ring (bicyclic) bond motifs is 3. The Bertz CT molecular complexity index is 777. The number of hydrogen-bond acceptors (Lipinski definition) is 5. The van der Waals surface area contributed by atoms with Gasteiger partial charge in [0.05, 0.1) is 24.2 Å². The smallest absolute Gasteiger partial charge is 0.336 e. The first kappa shape index (κ1) is 14.9. The van der Waals surface area contributed by atoms with Gasteiger partial charge in [-0.1, -0.05) is 13.8 Å². The van der Waals surface area contributed by atoms with E-state index in [4.69, 9.17) is 13.9 Å². The van der Waals surface area contributed by atoms with E-state index in [2.05, 4.69) is 0 Å². The van der Waals surface area contributed by atoms with Crippen molar-refractivity contribution in [3.63, 3.8) is 0 Å². The van der Waals surface area contributed by atoms with Crippen molar-refractivity contribution in [3.05, 3.63) is 33.7 Å². The lowest BCUT2D eigenvalue weighted by atomic mass is 9.87. The molecule has 0 spiro atoms. The molecule has 0 amide bonds. The van der Waals surface area contributed by atoms with Crippen LogP contribution < -0.4 is 15.1 Å². The summed E-state index contributed by atoms with van der Waals surface area (Å²) in [6, 6.07) is 3.14. The molecule has 0 unspecified atom stereocenters. The van der Waals surface area contributed by atoms with Crippen molar-refractivity contribution in [1.29, 1.82) is 0 Å². The molecular weight excluding hydrogens is 284 g/mol. The first-order valence-corrected chi connectivity index (χ1v) is 7.50. The Morgan fingerprint density at radius 1 is 1.32 bits per heavy atom. The van der Waals surface area contributed by atoms with Crippen LogP contribution in [0.25, 0.3) is 11.0 Å². The number of rotatable bonds is 2. The number of aliphatic hydroxyl groups is 1. The summed E-state index contributed by atoms with van der Waals surface area (Å²) >= 11 is 0. The predicted molar refractivity (Wildman–Crippen MR) is 82.6 cm³/mol. The zero-order valence-electron chi connectivity index (χ0n) is 13.2. The fraction of sp³-hybridized carbons (Fsp3) is 0.471. The molecule has 1 aromatic heterocycles. The third kappa shape index (κ3) is 2.08. The van der Waals surface area contributed by atoms with Gasteiger partial charge in [-0.25, -0.2) is 4.79 Å². The van der Waals surface area contributed by atoms with Gasteiger partial charge in [0.25, 0.3) is 0 Å². The van der Waals surface area contributed by atoms with Crippen LogP contribution in [0.1, 0.15) is 38.0 Å². The lowest BCUT2D eigenvalue weighted by Gasteiger charge is -2.35. The molecule has 0 radical (unpaired) electrons. The Hall–Kier alpha value is -2.01. The first-order chi connectivity index (χ1) is 10.5. The maximum atomic E-state index is 11.7. The Kier molecular flexibility index (Phi) is 3.60. The Labute approximate surface area is 128 Å². The fourth-order valence-electron chi connectivity index (χ4n) is 3.03. The SMILES string of the molecule is CCc1cc(=O)oc2cc(OC)c3c(c12)O[C@H](C)[C@H](C)[C@H]3O. The van der Waals surface area contributed by atoms with Crippen molar-refractivity contribution >= 4 is 11.0 Å². The van der Waals surface area contributed by atoms with Gasteiger partial charge in [-0.05, 0) is 18.9 Å². The van der Waals surface area contributed by atoms with Crippen molar-refractivity contribution in [1.82, 2.24) is 0 Å². The molecule has 2 aromatic rings. The number of methoxy groups -OCH3 is 1. The Morgan fingerprint density at radius 2 is 2.05 bits per heavy atom. The van der Waals surface area contributed by atoms with Crippen LogP contribution in [-0.4, -0.2) is 18.3 Å². The maximum Gasteiger partial charge on any atom is 0.336 e. The molecule has 0 fully saturated rings. The molecule has 0 saturated heterocycles. The number of aliphatic hydroxyl groups excluding tert-OH is 1. The van der Waals surface area contributed by atoms with E-state index in [1.807, 2.05) is 20.8 Å². The van der Waals surface area contributed by atoms with Crippen molar-refractivity contribution in [2.45, 2.75) is 39.4 Å². The van der Waals surface area contributed by atoms with Crippen LogP contribution >= 0.6 is 0 Å². The first-order valence-electron chi connectivity index (χ1n) is 7.50. The molecule has 5 nitrogen and oxygen atoms in total. The van der Waals surface area contributed by atoms with E-state index < -0.39 is 11.7 Å². The van der Waals surface area contributed by atoms with Crippen molar-refractivity contribution < 1.29 is 19.0 Å². The molecular formula is C17H20O5. The lowest BCUT2D eigenvalue weighted by molar-refractivity contribution is 0.0167. The van der Waals surface area contributed by atoms with Crippen molar-refractivity contribution in [2.75, 3.05) is 7.11 Å². The van der Waals surface area contributed by atoms with Gasteiger partial charge in [0.1, 0.15) is 23.2 Å². The molecule has 3 atom stereocenters. The molecule has 2 heterocycles. The molecule has 3 rings (SSSR count). The third-order valence-electron chi connectivity index (χ3n) is 4.51. The van der Waals surface area contributed by atoms with Crippen LogP contribution in [0.4, 0.5) is 0 Å². The van der Waals surface area contributed by atoms with Crippen LogP contribution in [0, 0.1) is 5.92 Å². The Morgan fingerprint density at radius 3 is 2.68 bits per heavy atom. The van der Waals surface area contributed by atoms with E-state index in [1.165, 1.54) is 13.2 Å². The summed E-state index contributed by atoms with van der Waals surface area (Å²) < 4.78 is 16.7. The van der Waals surface area contributed by atoms with E-state index >= 15 is 0 Å². The maximum absolute atomic E-state index is 11.7. The van der Waals surface area contributed by atoms with Crippen LogP contribution in [-0.2, 0) is 6.42 Å². The summed E-state index contributed by atoms with van der Waals surface area (Å²) in [7, 11) is 1.53. The second-order valence-electron chi connectivity index (χ2n) is 5.77. The van der Waals surface area contributed by atoms with E-state index in [0.29, 0.717) is 29.1 Å². The normalized spacial score (nSPS) is 24.0. The highest BCUT2D eigenvalue weighted by molar-refractivity contribution is 5.90. The minimum absolute atomic E-state index is 0.0559. The minimum Gasteiger partial charge on any atom is -0.496 e. The summed E-state index contributed by atoms with van der Waals surface area (Å²) in [4.78, 5) is 11.7. The third-order valence-corrected chi connectivity index (χ3v) is 4.51. The molecule has 0 bridgehead atoms. The van der Waals surface area contributed by atoms with Gasteiger partial charge < -0.3 is 19.0 Å². The van der Waals surface area contributed by atoms with Gasteiger partial charge in [0, 0.05) is 18.1 Å². The summed E-state index contributed by atoms with van der Waals surface area (Å²) in [5.41, 5.74) is 1.50. The largest absolute Gasteiger partial charge is 0.496 e. The quantitative estimate of drug-likeness (QED) is 0.864. The molecule has 0 saturated carbocycles. The molecule has 1 aliphatic heterocycles. The van der Waals surface area contributed by atoms with Crippen LogP contribution in [0.3, 0.4) is 0 Å². The number of ether oxygens (including phenoxy) is 2. The highest BCUT2D eigenvalue weighted by atomic mass is 16.5. The van der Waals surface area contributed by atoms with Crippen LogP contribution in [0.2, 0.25) is 0 Å². The van der Waals surface area contributed by atoms with E-state index in [9.17, 15) is 9.90 Å². The average Bonchev–Trinajstić information content (AvgIpc) is 2.50. The van der Waals surface area contributed by atoms with Gasteiger partial charge in [-0.3, -0.25) is 0 Å². The fourth-order valence-corrected chi connectivity index (χ4v) is 3.03.